The molecule has 0 radical (unpaired) electrons. The Morgan fingerprint density at radius 3 is 2.65 bits per heavy atom. The summed E-state index contributed by atoms with van der Waals surface area (Å²) in [7, 11) is 1.71. The normalized spacial score (nSPS) is 20.2. The summed E-state index contributed by atoms with van der Waals surface area (Å²) in [6.45, 7) is 5.50. The van der Waals surface area contributed by atoms with Gasteiger partial charge in [0, 0.05) is 26.2 Å². The van der Waals surface area contributed by atoms with Crippen molar-refractivity contribution >= 4 is 11.8 Å². The summed E-state index contributed by atoms with van der Waals surface area (Å²) in [6, 6.07) is 0.208. The van der Waals surface area contributed by atoms with E-state index in [2.05, 4.69) is 6.92 Å². The van der Waals surface area contributed by atoms with Gasteiger partial charge in [-0.1, -0.05) is 13.3 Å². The molecule has 0 N–H and O–H groups in total. The maximum atomic E-state index is 12.0. The van der Waals surface area contributed by atoms with Gasteiger partial charge in [-0.15, -0.1) is 0 Å². The summed E-state index contributed by atoms with van der Waals surface area (Å²) in [5.41, 5.74) is 0. The van der Waals surface area contributed by atoms with Crippen LogP contribution in [0.3, 0.4) is 0 Å². The average Bonchev–Trinajstić information content (AvgIpc) is 2.34. The molecule has 0 aromatic heterocycles. The molecule has 17 heavy (non-hydrogen) atoms. The lowest BCUT2D eigenvalue weighted by molar-refractivity contribution is -0.153. The van der Waals surface area contributed by atoms with E-state index in [1.165, 1.54) is 0 Å². The van der Waals surface area contributed by atoms with Gasteiger partial charge in [-0.05, 0) is 32.6 Å². The molecule has 1 rings (SSSR count). The highest BCUT2D eigenvalue weighted by atomic mass is 16.2. The number of nitrogens with zero attached hydrogens (tertiary/aromatic N) is 2. The highest BCUT2D eigenvalue weighted by Crippen LogP contribution is 2.16. The maximum absolute atomic E-state index is 12.0. The van der Waals surface area contributed by atoms with Crippen LogP contribution in [0.1, 0.15) is 46.0 Å². The quantitative estimate of drug-likeness (QED) is 0.704. The summed E-state index contributed by atoms with van der Waals surface area (Å²) in [5, 5.41) is 0. The van der Waals surface area contributed by atoms with Crippen molar-refractivity contribution < 1.29 is 9.59 Å². The minimum absolute atomic E-state index is 0.208. The van der Waals surface area contributed by atoms with Crippen molar-refractivity contribution in [2.24, 2.45) is 0 Å². The first kappa shape index (κ1) is 14.0. The lowest BCUT2D eigenvalue weighted by atomic mass is 10.0. The number of amides is 2. The summed E-state index contributed by atoms with van der Waals surface area (Å²) < 4.78 is 0. The zero-order chi connectivity index (χ0) is 12.8. The first-order valence-corrected chi connectivity index (χ1v) is 6.64. The van der Waals surface area contributed by atoms with Crippen LogP contribution in [0, 0.1) is 0 Å². The van der Waals surface area contributed by atoms with Gasteiger partial charge < -0.3 is 9.80 Å². The minimum Gasteiger partial charge on any atom is -0.338 e. The number of hydrogen-bond donors (Lipinski definition) is 0. The van der Waals surface area contributed by atoms with E-state index < -0.39 is 0 Å². The van der Waals surface area contributed by atoms with E-state index in [9.17, 15) is 9.59 Å². The third kappa shape index (κ3) is 3.72. The van der Waals surface area contributed by atoms with E-state index in [1.807, 2.05) is 6.92 Å². The van der Waals surface area contributed by atoms with Crippen molar-refractivity contribution in [3.63, 3.8) is 0 Å². The van der Waals surface area contributed by atoms with Gasteiger partial charge in [-0.25, -0.2) is 0 Å². The van der Waals surface area contributed by atoms with Crippen molar-refractivity contribution in [3.8, 4) is 0 Å². The molecule has 0 aromatic rings. The summed E-state index contributed by atoms with van der Waals surface area (Å²) in [6.07, 6.45) is 5.17. The third-order valence-electron chi connectivity index (χ3n) is 3.44. The Hall–Kier alpha value is -1.06. The van der Waals surface area contributed by atoms with Crippen LogP contribution in [0.2, 0.25) is 0 Å². The van der Waals surface area contributed by atoms with Crippen LogP contribution < -0.4 is 0 Å². The number of carbonyl (C=O) groups is 2. The SMILES string of the molecule is CCCCN(C)C(=O)C(=O)N1CCCCC1C. The fourth-order valence-electron chi connectivity index (χ4n) is 2.18. The fraction of sp³-hybridized carbons (Fsp3) is 0.846. The molecule has 4 heteroatoms. The Labute approximate surface area is 104 Å². The molecule has 1 aliphatic rings. The molecule has 98 valence electrons. The van der Waals surface area contributed by atoms with Crippen molar-refractivity contribution in [2.75, 3.05) is 20.1 Å². The first-order chi connectivity index (χ1) is 8.07. The van der Waals surface area contributed by atoms with Crippen molar-refractivity contribution in [3.05, 3.63) is 0 Å². The van der Waals surface area contributed by atoms with Gasteiger partial charge in [0.25, 0.3) is 0 Å². The van der Waals surface area contributed by atoms with E-state index >= 15 is 0 Å². The van der Waals surface area contributed by atoms with Crippen LogP contribution in [0.15, 0.2) is 0 Å². The standard InChI is InChI=1S/C13H24N2O2/c1-4-5-9-14(3)12(16)13(17)15-10-7-6-8-11(15)2/h11H,4-10H2,1-3H3. The zero-order valence-corrected chi connectivity index (χ0v) is 11.2. The van der Waals surface area contributed by atoms with Crippen LogP contribution in [0.4, 0.5) is 0 Å². The van der Waals surface area contributed by atoms with Gasteiger partial charge in [-0.3, -0.25) is 9.59 Å². The molecule has 1 unspecified atom stereocenters. The number of likely N-dealkylation sites (tertiary alicyclic amines) is 1. The van der Waals surface area contributed by atoms with Crippen molar-refractivity contribution in [2.45, 2.75) is 52.0 Å². The predicted octanol–water partition coefficient (Wildman–Crippen LogP) is 1.65. The largest absolute Gasteiger partial charge is 0.338 e. The van der Waals surface area contributed by atoms with E-state index in [0.717, 1.165) is 38.6 Å². The van der Waals surface area contributed by atoms with Crippen LogP contribution in [0.25, 0.3) is 0 Å². The van der Waals surface area contributed by atoms with Gasteiger partial charge in [-0.2, -0.15) is 0 Å². The molecular formula is C13H24N2O2. The molecule has 4 nitrogen and oxygen atoms in total. The van der Waals surface area contributed by atoms with E-state index in [0.29, 0.717) is 6.54 Å². The summed E-state index contributed by atoms with van der Waals surface area (Å²) >= 11 is 0. The Morgan fingerprint density at radius 1 is 1.35 bits per heavy atom. The molecule has 0 bridgehead atoms. The highest BCUT2D eigenvalue weighted by Gasteiger charge is 2.29. The second-order valence-corrected chi connectivity index (χ2v) is 4.92. The van der Waals surface area contributed by atoms with Crippen LogP contribution >= 0.6 is 0 Å². The van der Waals surface area contributed by atoms with Crippen LogP contribution in [-0.4, -0.2) is 47.8 Å². The second kappa shape index (κ2) is 6.62. The molecule has 0 spiro atoms. The Balaban J connectivity index is 2.52. The molecule has 0 saturated carbocycles. The molecule has 0 aliphatic carbocycles. The molecule has 2 amide bonds. The lowest BCUT2D eigenvalue weighted by Crippen LogP contribution is -2.49. The second-order valence-electron chi connectivity index (χ2n) is 4.92. The number of rotatable bonds is 3. The lowest BCUT2D eigenvalue weighted by Gasteiger charge is -2.33. The van der Waals surface area contributed by atoms with E-state index in [-0.39, 0.29) is 17.9 Å². The third-order valence-corrected chi connectivity index (χ3v) is 3.44. The first-order valence-electron chi connectivity index (χ1n) is 6.64. The van der Waals surface area contributed by atoms with Gasteiger partial charge in [0.05, 0.1) is 0 Å². The van der Waals surface area contributed by atoms with Gasteiger partial charge in [0.1, 0.15) is 0 Å². The molecule has 1 heterocycles. The molecule has 1 atom stereocenters. The number of hydrogen-bond acceptors (Lipinski definition) is 2. The minimum atomic E-state index is -0.354. The Bertz CT molecular complexity index is 279. The van der Waals surface area contributed by atoms with Gasteiger partial charge >= 0.3 is 11.8 Å². The number of carbonyl (C=O) groups excluding carboxylic acids is 2. The number of unbranched alkanes of at least 4 members (excludes halogenated alkanes) is 1. The molecule has 1 fully saturated rings. The van der Waals surface area contributed by atoms with Crippen molar-refractivity contribution in [1.82, 2.24) is 9.80 Å². The Kier molecular flexibility index (Phi) is 5.45. The number of piperidine rings is 1. The average molecular weight is 240 g/mol. The fourth-order valence-corrected chi connectivity index (χ4v) is 2.18. The van der Waals surface area contributed by atoms with Gasteiger partial charge in [0.2, 0.25) is 0 Å². The van der Waals surface area contributed by atoms with Crippen LogP contribution in [-0.2, 0) is 9.59 Å². The topological polar surface area (TPSA) is 40.6 Å². The Morgan fingerprint density at radius 2 is 2.06 bits per heavy atom. The molecular weight excluding hydrogens is 216 g/mol. The molecule has 1 aliphatic heterocycles. The van der Waals surface area contributed by atoms with Crippen molar-refractivity contribution in [1.29, 1.82) is 0 Å². The monoisotopic (exact) mass is 240 g/mol. The van der Waals surface area contributed by atoms with E-state index in [1.54, 1.807) is 16.8 Å². The predicted molar refractivity (Wildman–Crippen MR) is 67.6 cm³/mol. The number of likely N-dealkylation sites (N-methyl/N-ethyl adjacent to an activating group) is 1. The highest BCUT2D eigenvalue weighted by molar-refractivity contribution is 6.34. The maximum Gasteiger partial charge on any atom is 0.312 e. The summed E-state index contributed by atoms with van der Waals surface area (Å²) in [4.78, 5) is 27.3. The smallest absolute Gasteiger partial charge is 0.312 e. The van der Waals surface area contributed by atoms with Crippen LogP contribution in [0.5, 0.6) is 0 Å². The van der Waals surface area contributed by atoms with E-state index in [4.69, 9.17) is 0 Å². The van der Waals surface area contributed by atoms with Gasteiger partial charge in [0.15, 0.2) is 0 Å². The molecule has 0 aromatic carbocycles. The molecule has 1 saturated heterocycles. The summed E-state index contributed by atoms with van der Waals surface area (Å²) in [5.74, 6) is -0.678. The zero-order valence-electron chi connectivity index (χ0n) is 11.2.